The van der Waals surface area contributed by atoms with Gasteiger partial charge in [-0.15, -0.1) is 0 Å². The van der Waals surface area contributed by atoms with Gasteiger partial charge in [0.05, 0.1) is 13.5 Å². The second-order valence-electron chi connectivity index (χ2n) is 5.88. The SMILES string of the molecule is COC(=O)Cc1cc(Cl)cc(Oc2ccc(N)cc2CSC(C)C)c1. The third kappa shape index (κ3) is 6.18. The van der Waals surface area contributed by atoms with Crippen LogP contribution in [0.1, 0.15) is 25.0 Å². The molecule has 0 spiro atoms. The van der Waals surface area contributed by atoms with E-state index >= 15 is 0 Å². The van der Waals surface area contributed by atoms with Crippen LogP contribution in [0, 0.1) is 0 Å². The Bertz CT molecular complexity index is 749. The van der Waals surface area contributed by atoms with Gasteiger partial charge in [0, 0.05) is 22.0 Å². The molecule has 0 amide bonds. The number of benzene rings is 2. The predicted octanol–water partition coefficient (Wildman–Crippen LogP) is 5.07. The van der Waals surface area contributed by atoms with Crippen molar-refractivity contribution in [2.24, 2.45) is 0 Å². The van der Waals surface area contributed by atoms with Crippen LogP contribution in [-0.4, -0.2) is 18.3 Å². The number of halogens is 1. The van der Waals surface area contributed by atoms with Gasteiger partial charge in [-0.2, -0.15) is 11.8 Å². The van der Waals surface area contributed by atoms with E-state index < -0.39 is 0 Å². The number of carbonyl (C=O) groups is 1. The van der Waals surface area contributed by atoms with Crippen molar-refractivity contribution in [3.8, 4) is 11.5 Å². The third-order valence-electron chi connectivity index (χ3n) is 3.39. The molecule has 25 heavy (non-hydrogen) atoms. The van der Waals surface area contributed by atoms with Gasteiger partial charge in [-0.3, -0.25) is 4.79 Å². The number of carbonyl (C=O) groups excluding carboxylic acids is 1. The Labute approximate surface area is 157 Å². The van der Waals surface area contributed by atoms with Crippen LogP contribution < -0.4 is 10.5 Å². The summed E-state index contributed by atoms with van der Waals surface area (Å²) in [5.41, 5.74) is 8.37. The molecule has 2 aromatic carbocycles. The average Bonchev–Trinajstić information content (AvgIpc) is 2.54. The Kier molecular flexibility index (Phi) is 7.02. The highest BCUT2D eigenvalue weighted by Crippen LogP contribution is 2.32. The van der Waals surface area contributed by atoms with Crippen molar-refractivity contribution in [1.82, 2.24) is 0 Å². The Morgan fingerprint density at radius 3 is 2.68 bits per heavy atom. The standard InChI is InChI=1S/C19H22ClNO3S/c1-12(2)25-11-14-9-16(21)4-5-18(14)24-17-7-13(6-15(20)10-17)8-19(22)23-3/h4-7,9-10,12H,8,11,21H2,1-3H3. The van der Waals surface area contributed by atoms with Gasteiger partial charge in [-0.1, -0.05) is 25.4 Å². The molecule has 0 fully saturated rings. The summed E-state index contributed by atoms with van der Waals surface area (Å²) in [6.45, 7) is 4.29. The van der Waals surface area contributed by atoms with E-state index in [0.717, 1.165) is 22.6 Å². The summed E-state index contributed by atoms with van der Waals surface area (Å²) in [6.07, 6.45) is 0.144. The first-order valence-corrected chi connectivity index (χ1v) is 9.34. The zero-order valence-electron chi connectivity index (χ0n) is 14.5. The summed E-state index contributed by atoms with van der Waals surface area (Å²) >= 11 is 7.97. The molecule has 6 heteroatoms. The normalized spacial score (nSPS) is 10.8. The lowest BCUT2D eigenvalue weighted by Crippen LogP contribution is -2.04. The van der Waals surface area contributed by atoms with Gasteiger partial charge >= 0.3 is 5.97 Å². The van der Waals surface area contributed by atoms with Crippen molar-refractivity contribution in [1.29, 1.82) is 0 Å². The summed E-state index contributed by atoms with van der Waals surface area (Å²) in [4.78, 5) is 11.5. The number of nitrogens with two attached hydrogens (primary N) is 1. The van der Waals surface area contributed by atoms with E-state index in [1.165, 1.54) is 7.11 Å². The van der Waals surface area contributed by atoms with Crippen LogP contribution in [0.5, 0.6) is 11.5 Å². The summed E-state index contributed by atoms with van der Waals surface area (Å²) in [5, 5.41) is 1.01. The zero-order chi connectivity index (χ0) is 18.4. The highest BCUT2D eigenvalue weighted by atomic mass is 35.5. The van der Waals surface area contributed by atoms with Gasteiger partial charge < -0.3 is 15.2 Å². The van der Waals surface area contributed by atoms with E-state index in [2.05, 4.69) is 13.8 Å². The average molecular weight is 380 g/mol. The molecule has 0 aromatic heterocycles. The van der Waals surface area contributed by atoms with Crippen LogP contribution in [0.4, 0.5) is 5.69 Å². The van der Waals surface area contributed by atoms with Gasteiger partial charge in [-0.25, -0.2) is 0 Å². The van der Waals surface area contributed by atoms with Crippen LogP contribution in [0.3, 0.4) is 0 Å². The Morgan fingerprint density at radius 2 is 2.00 bits per heavy atom. The molecule has 0 aliphatic rings. The van der Waals surface area contributed by atoms with E-state index in [1.54, 1.807) is 24.3 Å². The molecule has 0 radical (unpaired) electrons. The van der Waals surface area contributed by atoms with Crippen LogP contribution in [0.15, 0.2) is 36.4 Å². The second kappa shape index (κ2) is 9.02. The van der Waals surface area contributed by atoms with Crippen molar-refractivity contribution in [2.45, 2.75) is 31.3 Å². The largest absolute Gasteiger partial charge is 0.469 e. The lowest BCUT2D eigenvalue weighted by atomic mass is 10.1. The number of hydrogen-bond acceptors (Lipinski definition) is 5. The fraction of sp³-hybridized carbons (Fsp3) is 0.316. The molecular formula is C19H22ClNO3S. The highest BCUT2D eigenvalue weighted by molar-refractivity contribution is 7.99. The quantitative estimate of drug-likeness (QED) is 0.537. The highest BCUT2D eigenvalue weighted by Gasteiger charge is 2.10. The number of hydrogen-bond donors (Lipinski definition) is 1. The Morgan fingerprint density at radius 1 is 1.24 bits per heavy atom. The maximum atomic E-state index is 11.5. The van der Waals surface area contributed by atoms with Gasteiger partial charge in [0.1, 0.15) is 11.5 Å². The summed E-state index contributed by atoms with van der Waals surface area (Å²) in [5.74, 6) is 1.78. The fourth-order valence-electron chi connectivity index (χ4n) is 2.22. The molecule has 0 unspecified atom stereocenters. The second-order valence-corrected chi connectivity index (χ2v) is 7.88. The molecule has 0 aliphatic heterocycles. The molecule has 2 N–H and O–H groups in total. The maximum Gasteiger partial charge on any atom is 0.309 e. The molecule has 2 aromatic rings. The number of anilines is 1. The molecule has 0 saturated carbocycles. The number of nitrogen functional groups attached to an aromatic ring is 1. The molecule has 4 nitrogen and oxygen atoms in total. The first-order valence-electron chi connectivity index (χ1n) is 7.91. The molecule has 0 aliphatic carbocycles. The van der Waals surface area contributed by atoms with Crippen LogP contribution in [-0.2, 0) is 21.7 Å². The Hall–Kier alpha value is -1.85. The number of esters is 1. The molecule has 0 saturated heterocycles. The molecular weight excluding hydrogens is 358 g/mol. The smallest absolute Gasteiger partial charge is 0.309 e. The van der Waals surface area contributed by atoms with Gasteiger partial charge in [0.25, 0.3) is 0 Å². The van der Waals surface area contributed by atoms with Crippen molar-refractivity contribution in [3.63, 3.8) is 0 Å². The number of ether oxygens (including phenoxy) is 2. The van der Waals surface area contributed by atoms with Crippen molar-refractivity contribution >= 4 is 35.0 Å². The first kappa shape index (κ1) is 19.5. The molecule has 0 heterocycles. The lowest BCUT2D eigenvalue weighted by molar-refractivity contribution is -0.139. The van der Waals surface area contributed by atoms with E-state index in [-0.39, 0.29) is 12.4 Å². The minimum atomic E-state index is -0.324. The van der Waals surface area contributed by atoms with E-state index in [4.69, 9.17) is 26.8 Å². The topological polar surface area (TPSA) is 61.5 Å². The Balaban J connectivity index is 2.25. The summed E-state index contributed by atoms with van der Waals surface area (Å²) < 4.78 is 10.7. The van der Waals surface area contributed by atoms with Gasteiger partial charge in [-0.05, 0) is 47.2 Å². The lowest BCUT2D eigenvalue weighted by Gasteiger charge is -2.14. The maximum absolute atomic E-state index is 11.5. The minimum Gasteiger partial charge on any atom is -0.469 e. The van der Waals surface area contributed by atoms with Gasteiger partial charge in [0.15, 0.2) is 0 Å². The van der Waals surface area contributed by atoms with Crippen molar-refractivity contribution in [2.75, 3.05) is 12.8 Å². The predicted molar refractivity (Wildman–Crippen MR) is 105 cm³/mol. The fourth-order valence-corrected chi connectivity index (χ4v) is 3.20. The van der Waals surface area contributed by atoms with Gasteiger partial charge in [0.2, 0.25) is 0 Å². The minimum absolute atomic E-state index is 0.144. The van der Waals surface area contributed by atoms with E-state index in [0.29, 0.717) is 21.7 Å². The van der Waals surface area contributed by atoms with E-state index in [9.17, 15) is 4.79 Å². The van der Waals surface area contributed by atoms with Crippen LogP contribution in [0.2, 0.25) is 5.02 Å². The first-order chi connectivity index (χ1) is 11.9. The number of thioether (sulfide) groups is 1. The monoisotopic (exact) mass is 379 g/mol. The molecule has 0 bridgehead atoms. The van der Waals surface area contributed by atoms with Crippen LogP contribution in [0.25, 0.3) is 0 Å². The van der Waals surface area contributed by atoms with Crippen molar-refractivity contribution < 1.29 is 14.3 Å². The molecule has 2 rings (SSSR count). The third-order valence-corrected chi connectivity index (χ3v) is 4.75. The molecule has 134 valence electrons. The summed E-state index contributed by atoms with van der Waals surface area (Å²) in [6, 6.07) is 10.8. The summed E-state index contributed by atoms with van der Waals surface area (Å²) in [7, 11) is 1.36. The molecule has 0 atom stereocenters. The zero-order valence-corrected chi connectivity index (χ0v) is 16.1. The number of methoxy groups -OCH3 is 1. The van der Waals surface area contributed by atoms with Crippen LogP contribution >= 0.6 is 23.4 Å². The van der Waals surface area contributed by atoms with Crippen molar-refractivity contribution in [3.05, 3.63) is 52.5 Å². The van der Waals surface area contributed by atoms with E-state index in [1.807, 2.05) is 23.9 Å². The number of rotatable bonds is 7.